The average molecular weight is 190 g/mol. The Hall–Kier alpha value is -0.580. The molecule has 4 nitrogen and oxygen atoms in total. The van der Waals surface area contributed by atoms with Crippen molar-refractivity contribution in [1.82, 2.24) is 15.1 Å². The smallest absolute Gasteiger partial charge is 0.109 e. The lowest BCUT2D eigenvalue weighted by Gasteiger charge is -2.10. The van der Waals surface area contributed by atoms with E-state index in [9.17, 15) is 5.11 Å². The molecule has 0 fully saturated rings. The number of rotatable bonds is 3. The first-order valence-corrected chi connectivity index (χ1v) is 4.04. The fourth-order valence-corrected chi connectivity index (χ4v) is 1.38. The van der Waals surface area contributed by atoms with Crippen LogP contribution in [0.4, 0.5) is 0 Å². The molecule has 0 amide bonds. The van der Waals surface area contributed by atoms with Crippen LogP contribution in [-0.4, -0.2) is 28.5 Å². The molecule has 1 aromatic rings. The largest absolute Gasteiger partial charge is 0.385 e. The van der Waals surface area contributed by atoms with Gasteiger partial charge in [0.05, 0.1) is 16.9 Å². The minimum Gasteiger partial charge on any atom is -0.385 e. The zero-order valence-corrected chi connectivity index (χ0v) is 7.84. The minimum atomic E-state index is -0.602. The van der Waals surface area contributed by atoms with Crippen molar-refractivity contribution in [2.24, 2.45) is 7.05 Å². The van der Waals surface area contributed by atoms with Gasteiger partial charge in [0.15, 0.2) is 0 Å². The second kappa shape index (κ2) is 3.89. The standard InChI is InChI=1S/C7H12ClN3O/c1-9-4-6(12)7-5(8)3-10-11(7)2/h3,6,9,12H,4H2,1-2H3. The molecule has 1 aromatic heterocycles. The predicted molar refractivity (Wildman–Crippen MR) is 47.1 cm³/mol. The number of aliphatic hydroxyl groups is 1. The molecule has 1 heterocycles. The van der Waals surface area contributed by atoms with E-state index in [0.717, 1.165) is 0 Å². The van der Waals surface area contributed by atoms with Gasteiger partial charge in [-0.25, -0.2) is 0 Å². The zero-order valence-electron chi connectivity index (χ0n) is 7.08. The monoisotopic (exact) mass is 189 g/mol. The first-order chi connectivity index (χ1) is 5.66. The first kappa shape index (κ1) is 9.51. The molecular formula is C7H12ClN3O. The van der Waals surface area contributed by atoms with Crippen molar-refractivity contribution in [2.75, 3.05) is 13.6 Å². The molecule has 0 aliphatic carbocycles. The van der Waals surface area contributed by atoms with E-state index in [2.05, 4.69) is 10.4 Å². The SMILES string of the molecule is CNCC(O)c1c(Cl)cnn1C. The van der Waals surface area contributed by atoms with Crippen LogP contribution >= 0.6 is 11.6 Å². The summed E-state index contributed by atoms with van der Waals surface area (Å²) in [7, 11) is 3.52. The quantitative estimate of drug-likeness (QED) is 0.721. The third-order valence-corrected chi connectivity index (χ3v) is 1.94. The molecule has 0 aliphatic rings. The number of hydrogen-bond donors (Lipinski definition) is 2. The van der Waals surface area contributed by atoms with Crippen molar-refractivity contribution in [3.63, 3.8) is 0 Å². The molecule has 0 spiro atoms. The van der Waals surface area contributed by atoms with Crippen LogP contribution in [-0.2, 0) is 7.05 Å². The number of nitrogens with zero attached hydrogens (tertiary/aromatic N) is 2. The lowest BCUT2D eigenvalue weighted by Crippen LogP contribution is -2.19. The second-order valence-corrected chi connectivity index (χ2v) is 2.98. The molecule has 5 heteroatoms. The van der Waals surface area contributed by atoms with Crippen molar-refractivity contribution >= 4 is 11.6 Å². The number of aliphatic hydroxyl groups excluding tert-OH is 1. The summed E-state index contributed by atoms with van der Waals surface area (Å²) in [6, 6.07) is 0. The van der Waals surface area contributed by atoms with Crippen molar-refractivity contribution in [2.45, 2.75) is 6.10 Å². The third kappa shape index (κ3) is 1.77. The van der Waals surface area contributed by atoms with Crippen LogP contribution in [0.2, 0.25) is 5.02 Å². The normalized spacial score (nSPS) is 13.3. The number of aryl methyl sites for hydroxylation is 1. The Balaban J connectivity index is 2.85. The average Bonchev–Trinajstić information content (AvgIpc) is 2.32. The summed E-state index contributed by atoms with van der Waals surface area (Å²) in [6.45, 7) is 0.471. The molecule has 68 valence electrons. The fourth-order valence-electron chi connectivity index (χ4n) is 1.09. The van der Waals surface area contributed by atoms with Gasteiger partial charge in [-0.15, -0.1) is 0 Å². The van der Waals surface area contributed by atoms with Gasteiger partial charge >= 0.3 is 0 Å². The summed E-state index contributed by atoms with van der Waals surface area (Å²) in [6.07, 6.45) is 0.922. The summed E-state index contributed by atoms with van der Waals surface area (Å²) in [4.78, 5) is 0. The number of hydrogen-bond acceptors (Lipinski definition) is 3. The highest BCUT2D eigenvalue weighted by Crippen LogP contribution is 2.20. The molecule has 1 unspecified atom stereocenters. The Bertz CT molecular complexity index is 242. The van der Waals surface area contributed by atoms with Crippen LogP contribution in [0.25, 0.3) is 0 Å². The van der Waals surface area contributed by atoms with Crippen LogP contribution < -0.4 is 5.32 Å². The summed E-state index contributed by atoms with van der Waals surface area (Å²) in [5, 5.41) is 16.8. The van der Waals surface area contributed by atoms with Gasteiger partial charge in [-0.2, -0.15) is 5.10 Å². The highest BCUT2D eigenvalue weighted by molar-refractivity contribution is 6.31. The van der Waals surface area contributed by atoms with E-state index in [0.29, 0.717) is 17.3 Å². The molecule has 0 saturated heterocycles. The molecule has 1 atom stereocenters. The number of aromatic nitrogens is 2. The van der Waals surface area contributed by atoms with Crippen LogP contribution in [0.1, 0.15) is 11.8 Å². The van der Waals surface area contributed by atoms with E-state index in [-0.39, 0.29) is 0 Å². The van der Waals surface area contributed by atoms with E-state index < -0.39 is 6.10 Å². The van der Waals surface area contributed by atoms with E-state index in [1.807, 2.05) is 0 Å². The van der Waals surface area contributed by atoms with E-state index in [1.165, 1.54) is 6.20 Å². The van der Waals surface area contributed by atoms with Gasteiger partial charge in [0.1, 0.15) is 6.10 Å². The Kier molecular flexibility index (Phi) is 3.08. The molecule has 0 aliphatic heterocycles. The molecule has 1 rings (SSSR count). The van der Waals surface area contributed by atoms with Crippen LogP contribution in [0, 0.1) is 0 Å². The van der Waals surface area contributed by atoms with E-state index >= 15 is 0 Å². The zero-order chi connectivity index (χ0) is 9.14. The number of nitrogens with one attached hydrogen (secondary N) is 1. The van der Waals surface area contributed by atoms with Crippen LogP contribution in [0.5, 0.6) is 0 Å². The molecule has 0 radical (unpaired) electrons. The molecule has 0 aromatic carbocycles. The Morgan fingerprint density at radius 2 is 2.50 bits per heavy atom. The highest BCUT2D eigenvalue weighted by Gasteiger charge is 2.14. The molecular weight excluding hydrogens is 178 g/mol. The van der Waals surface area contributed by atoms with Crippen molar-refractivity contribution in [1.29, 1.82) is 0 Å². The number of likely N-dealkylation sites (N-methyl/N-ethyl adjacent to an activating group) is 1. The van der Waals surface area contributed by atoms with Gasteiger partial charge in [-0.1, -0.05) is 11.6 Å². The van der Waals surface area contributed by atoms with Gasteiger partial charge in [0, 0.05) is 13.6 Å². The summed E-state index contributed by atoms with van der Waals surface area (Å²) < 4.78 is 1.57. The third-order valence-electron chi connectivity index (χ3n) is 1.65. The molecule has 2 N–H and O–H groups in total. The van der Waals surface area contributed by atoms with Gasteiger partial charge in [-0.05, 0) is 7.05 Å². The van der Waals surface area contributed by atoms with Crippen LogP contribution in [0.3, 0.4) is 0 Å². The van der Waals surface area contributed by atoms with Crippen molar-refractivity contribution in [3.8, 4) is 0 Å². The molecule has 0 saturated carbocycles. The van der Waals surface area contributed by atoms with Crippen LogP contribution in [0.15, 0.2) is 6.20 Å². The fraction of sp³-hybridized carbons (Fsp3) is 0.571. The van der Waals surface area contributed by atoms with Crippen molar-refractivity contribution in [3.05, 3.63) is 16.9 Å². The summed E-state index contributed by atoms with van der Waals surface area (Å²) in [5.74, 6) is 0. The summed E-state index contributed by atoms with van der Waals surface area (Å²) >= 11 is 5.80. The topological polar surface area (TPSA) is 50.1 Å². The first-order valence-electron chi connectivity index (χ1n) is 3.67. The van der Waals surface area contributed by atoms with E-state index in [4.69, 9.17) is 11.6 Å². The van der Waals surface area contributed by atoms with Gasteiger partial charge in [0.25, 0.3) is 0 Å². The Labute approximate surface area is 76.1 Å². The Morgan fingerprint density at radius 1 is 1.83 bits per heavy atom. The maximum atomic E-state index is 9.56. The lowest BCUT2D eigenvalue weighted by molar-refractivity contribution is 0.168. The van der Waals surface area contributed by atoms with Gasteiger partial charge < -0.3 is 10.4 Å². The van der Waals surface area contributed by atoms with Gasteiger partial charge in [-0.3, -0.25) is 4.68 Å². The molecule has 0 bridgehead atoms. The minimum absolute atomic E-state index is 0.471. The van der Waals surface area contributed by atoms with Gasteiger partial charge in [0.2, 0.25) is 0 Å². The number of halogens is 1. The summed E-state index contributed by atoms with van der Waals surface area (Å²) in [5.41, 5.74) is 0.644. The molecule has 12 heavy (non-hydrogen) atoms. The predicted octanol–water partition coefficient (Wildman–Crippen LogP) is 0.326. The maximum Gasteiger partial charge on any atom is 0.109 e. The maximum absolute atomic E-state index is 9.56. The second-order valence-electron chi connectivity index (χ2n) is 2.57. The van der Waals surface area contributed by atoms with Crippen molar-refractivity contribution < 1.29 is 5.11 Å². The Morgan fingerprint density at radius 3 is 2.92 bits per heavy atom. The lowest BCUT2D eigenvalue weighted by atomic mass is 10.2. The highest BCUT2D eigenvalue weighted by atomic mass is 35.5. The van der Waals surface area contributed by atoms with E-state index in [1.54, 1.807) is 18.8 Å².